The van der Waals surface area contributed by atoms with Gasteiger partial charge in [-0.3, -0.25) is 9.69 Å². The number of aromatic nitrogens is 1. The Morgan fingerprint density at radius 3 is 2.76 bits per heavy atom. The van der Waals surface area contributed by atoms with Gasteiger partial charge in [0.2, 0.25) is 5.91 Å². The van der Waals surface area contributed by atoms with Gasteiger partial charge in [-0.05, 0) is 32.8 Å². The van der Waals surface area contributed by atoms with E-state index in [-0.39, 0.29) is 31.9 Å². The van der Waals surface area contributed by atoms with Crippen molar-refractivity contribution in [3.05, 3.63) is 53.4 Å². The first-order chi connectivity index (χ1) is 15.7. The molecule has 1 aliphatic heterocycles. The molecule has 0 aliphatic carbocycles. The fourth-order valence-corrected chi connectivity index (χ4v) is 3.67. The zero-order valence-electron chi connectivity index (χ0n) is 19.1. The van der Waals surface area contributed by atoms with E-state index in [0.29, 0.717) is 12.2 Å². The first-order valence-corrected chi connectivity index (χ1v) is 11.0. The quantitative estimate of drug-likeness (QED) is 0.588. The van der Waals surface area contributed by atoms with Crippen molar-refractivity contribution in [1.82, 2.24) is 15.4 Å². The van der Waals surface area contributed by atoms with Crippen LogP contribution in [-0.2, 0) is 20.9 Å². The average molecular weight is 463 g/mol. The molecule has 9 nitrogen and oxygen atoms in total. The number of benzene rings is 1. The number of hydrogen-bond acceptors (Lipinski definition) is 7. The third kappa shape index (κ3) is 6.08. The molecule has 180 valence electrons. The molecule has 0 bridgehead atoms. The lowest BCUT2D eigenvalue weighted by Gasteiger charge is -2.27. The van der Waals surface area contributed by atoms with Crippen molar-refractivity contribution in [2.24, 2.45) is 5.73 Å². The van der Waals surface area contributed by atoms with E-state index in [1.54, 1.807) is 20.8 Å². The third-order valence-electron chi connectivity index (χ3n) is 5.39. The lowest BCUT2D eigenvalue weighted by Crippen LogP contribution is -2.51. The maximum absolute atomic E-state index is 14.9. The Bertz CT molecular complexity index is 930. The van der Waals surface area contributed by atoms with E-state index in [2.05, 4.69) is 10.5 Å². The summed E-state index contributed by atoms with van der Waals surface area (Å²) in [6, 6.07) is 7.83. The summed E-state index contributed by atoms with van der Waals surface area (Å²) in [4.78, 5) is 26.4. The van der Waals surface area contributed by atoms with Gasteiger partial charge in [-0.1, -0.05) is 35.5 Å². The van der Waals surface area contributed by atoms with Crippen LogP contribution in [0.4, 0.5) is 9.18 Å². The molecule has 3 N–H and O–H groups in total. The van der Waals surface area contributed by atoms with Gasteiger partial charge < -0.3 is 25.0 Å². The van der Waals surface area contributed by atoms with Gasteiger partial charge in [0, 0.05) is 12.1 Å². The number of nitrogens with zero attached hydrogens (tertiary/aromatic N) is 2. The molecule has 3 rings (SSSR count). The number of carbonyl (C=O) groups is 2. The molecule has 2 heterocycles. The number of likely N-dealkylation sites (tertiary alicyclic amines) is 1. The van der Waals surface area contributed by atoms with Crippen LogP contribution in [0.3, 0.4) is 0 Å². The maximum Gasteiger partial charge on any atom is 0.410 e. The van der Waals surface area contributed by atoms with E-state index in [0.717, 1.165) is 5.56 Å². The van der Waals surface area contributed by atoms with Crippen molar-refractivity contribution in [2.75, 3.05) is 19.8 Å². The second-order valence-corrected chi connectivity index (χ2v) is 8.55. The first kappa shape index (κ1) is 24.7. The second-order valence-electron chi connectivity index (χ2n) is 8.55. The van der Waals surface area contributed by atoms with Crippen molar-refractivity contribution in [1.29, 1.82) is 0 Å². The van der Waals surface area contributed by atoms with E-state index < -0.39 is 35.8 Å². The lowest BCUT2D eigenvalue weighted by molar-refractivity contribution is -0.126. The number of amides is 2. The molecule has 1 saturated heterocycles. The fraction of sp³-hybridized carbons (Fsp3) is 0.522. The normalized spacial score (nSPS) is 19.4. The summed E-state index contributed by atoms with van der Waals surface area (Å²) < 4.78 is 31.0. The Morgan fingerprint density at radius 1 is 1.36 bits per heavy atom. The highest BCUT2D eigenvalue weighted by Gasteiger charge is 2.43. The Kier molecular flexibility index (Phi) is 8.04. The molecule has 10 heteroatoms. The van der Waals surface area contributed by atoms with Crippen LogP contribution in [0.2, 0.25) is 0 Å². The Hall–Kier alpha value is -2.98. The van der Waals surface area contributed by atoms with E-state index in [1.165, 1.54) is 11.2 Å². The topological polar surface area (TPSA) is 120 Å². The Labute approximate surface area is 192 Å². The molecule has 1 fully saturated rings. The van der Waals surface area contributed by atoms with Crippen LogP contribution in [0, 0.1) is 0 Å². The number of ether oxygens (including phenoxy) is 2. The summed E-state index contributed by atoms with van der Waals surface area (Å²) in [6.07, 6.45) is -0.488. The number of rotatable bonds is 9. The molecular formula is C23H31FN4O5. The second kappa shape index (κ2) is 10.8. The molecular weight excluding hydrogens is 431 g/mol. The Morgan fingerprint density at radius 2 is 2.09 bits per heavy atom. The van der Waals surface area contributed by atoms with Crippen molar-refractivity contribution in [3.8, 4) is 0 Å². The smallest absolute Gasteiger partial charge is 0.410 e. The standard InChI is InChI=1S/C23H31FN4O5/c1-4-32-22(30)28-11-10-17(24)20(28)16-13-33-27-19(16)18(26-21(29)23(2,3)25)14-31-12-15-8-6-5-7-9-15/h5-9,13,17-18,20H,4,10-12,14,25H2,1-3H3,(H,26,29)/t17-,18-,20?/m1/s1. The molecule has 1 aromatic heterocycles. The molecule has 0 radical (unpaired) electrons. The van der Waals surface area contributed by atoms with Gasteiger partial charge >= 0.3 is 6.09 Å². The number of carbonyl (C=O) groups excluding carboxylic acids is 2. The van der Waals surface area contributed by atoms with E-state index in [1.807, 2.05) is 30.3 Å². The van der Waals surface area contributed by atoms with Crippen LogP contribution < -0.4 is 11.1 Å². The van der Waals surface area contributed by atoms with Crippen LogP contribution in [0.5, 0.6) is 0 Å². The number of halogens is 1. The van der Waals surface area contributed by atoms with Gasteiger partial charge in [0.05, 0.1) is 37.4 Å². The van der Waals surface area contributed by atoms with Crippen molar-refractivity contribution < 1.29 is 28.0 Å². The molecule has 3 atom stereocenters. The zero-order chi connectivity index (χ0) is 24.0. The van der Waals surface area contributed by atoms with Gasteiger partial charge in [-0.2, -0.15) is 0 Å². The predicted octanol–water partition coefficient (Wildman–Crippen LogP) is 3.03. The maximum atomic E-state index is 14.9. The van der Waals surface area contributed by atoms with Crippen LogP contribution in [0.15, 0.2) is 41.1 Å². The van der Waals surface area contributed by atoms with Gasteiger partial charge in [0.25, 0.3) is 0 Å². The number of nitrogens with two attached hydrogens (primary N) is 1. The molecule has 2 amide bonds. The SMILES string of the molecule is CCOC(=O)N1CC[C@@H](F)C1c1conc1[C@@H](COCc1ccccc1)NC(=O)C(C)(C)N. The van der Waals surface area contributed by atoms with Gasteiger partial charge in [0.1, 0.15) is 18.1 Å². The monoisotopic (exact) mass is 462 g/mol. The molecule has 33 heavy (non-hydrogen) atoms. The van der Waals surface area contributed by atoms with Crippen LogP contribution in [-0.4, -0.2) is 53.5 Å². The summed E-state index contributed by atoms with van der Waals surface area (Å²) in [7, 11) is 0. The van der Waals surface area contributed by atoms with Crippen LogP contribution in [0.25, 0.3) is 0 Å². The number of nitrogens with one attached hydrogen (secondary N) is 1. The Balaban J connectivity index is 1.85. The molecule has 0 spiro atoms. The molecule has 1 unspecified atom stereocenters. The van der Waals surface area contributed by atoms with Crippen LogP contribution >= 0.6 is 0 Å². The third-order valence-corrected chi connectivity index (χ3v) is 5.39. The predicted molar refractivity (Wildman–Crippen MR) is 118 cm³/mol. The number of hydrogen-bond donors (Lipinski definition) is 2. The molecule has 0 saturated carbocycles. The minimum absolute atomic E-state index is 0.0410. The molecule has 1 aliphatic rings. The number of alkyl halides is 1. The fourth-order valence-electron chi connectivity index (χ4n) is 3.67. The summed E-state index contributed by atoms with van der Waals surface area (Å²) in [5, 5.41) is 6.87. The highest BCUT2D eigenvalue weighted by Crippen LogP contribution is 2.38. The minimum Gasteiger partial charge on any atom is -0.450 e. The molecule has 1 aromatic carbocycles. The van der Waals surface area contributed by atoms with Gasteiger partial charge in [-0.15, -0.1) is 0 Å². The van der Waals surface area contributed by atoms with E-state index in [4.69, 9.17) is 19.7 Å². The van der Waals surface area contributed by atoms with Crippen LogP contribution in [0.1, 0.15) is 56.1 Å². The summed E-state index contributed by atoms with van der Waals surface area (Å²) in [6.45, 7) is 5.55. The van der Waals surface area contributed by atoms with Gasteiger partial charge in [0.15, 0.2) is 0 Å². The first-order valence-electron chi connectivity index (χ1n) is 11.0. The summed E-state index contributed by atoms with van der Waals surface area (Å²) in [5.74, 6) is -0.435. The van der Waals surface area contributed by atoms with Crippen molar-refractivity contribution in [2.45, 2.75) is 57.6 Å². The van der Waals surface area contributed by atoms with E-state index >= 15 is 0 Å². The molecule has 2 aromatic rings. The van der Waals surface area contributed by atoms with Crippen molar-refractivity contribution in [3.63, 3.8) is 0 Å². The van der Waals surface area contributed by atoms with Crippen molar-refractivity contribution >= 4 is 12.0 Å². The van der Waals surface area contributed by atoms with Gasteiger partial charge in [-0.25, -0.2) is 9.18 Å². The largest absolute Gasteiger partial charge is 0.450 e. The highest BCUT2D eigenvalue weighted by molar-refractivity contribution is 5.85. The van der Waals surface area contributed by atoms with E-state index in [9.17, 15) is 14.0 Å². The average Bonchev–Trinajstić information content (AvgIpc) is 3.39. The minimum atomic E-state index is -1.33. The summed E-state index contributed by atoms with van der Waals surface area (Å²) in [5.41, 5.74) is 6.39. The summed E-state index contributed by atoms with van der Waals surface area (Å²) >= 11 is 0. The zero-order valence-corrected chi connectivity index (χ0v) is 19.1. The lowest BCUT2D eigenvalue weighted by atomic mass is 9.99. The highest BCUT2D eigenvalue weighted by atomic mass is 19.1.